The van der Waals surface area contributed by atoms with Crippen molar-refractivity contribution in [3.63, 3.8) is 0 Å². The molecule has 7 heteroatoms. The number of alkyl halides is 1. The summed E-state index contributed by atoms with van der Waals surface area (Å²) < 4.78 is 47.8. The summed E-state index contributed by atoms with van der Waals surface area (Å²) in [4.78, 5) is 11.6. The lowest BCUT2D eigenvalue weighted by Crippen LogP contribution is -2.35. The molecule has 1 atom stereocenters. The molecule has 18 heavy (non-hydrogen) atoms. The number of rotatable bonds is 5. The zero-order chi connectivity index (χ0) is 14.2. The SMILES string of the molecule is CC(C)(C)C(=O)OC(CF)CC1(S(=O)(=O)O)CC1. The van der Waals surface area contributed by atoms with Crippen LogP contribution in [0.5, 0.6) is 0 Å². The van der Waals surface area contributed by atoms with Crippen LogP contribution in [0.4, 0.5) is 4.39 Å². The van der Waals surface area contributed by atoms with E-state index in [1.807, 2.05) is 0 Å². The fourth-order valence-electron chi connectivity index (χ4n) is 1.58. The van der Waals surface area contributed by atoms with Crippen LogP contribution >= 0.6 is 0 Å². The average molecular weight is 282 g/mol. The lowest BCUT2D eigenvalue weighted by molar-refractivity contribution is -0.159. The smallest absolute Gasteiger partial charge is 0.311 e. The summed E-state index contributed by atoms with van der Waals surface area (Å²) in [6.45, 7) is 3.92. The highest BCUT2D eigenvalue weighted by atomic mass is 32.2. The highest BCUT2D eigenvalue weighted by Crippen LogP contribution is 2.47. The van der Waals surface area contributed by atoms with Gasteiger partial charge in [-0.15, -0.1) is 0 Å². The molecular weight excluding hydrogens is 263 g/mol. The normalized spacial score (nSPS) is 20.3. The number of halogens is 1. The van der Waals surface area contributed by atoms with Crippen molar-refractivity contribution >= 4 is 16.1 Å². The van der Waals surface area contributed by atoms with Crippen molar-refractivity contribution < 1.29 is 26.9 Å². The Kier molecular flexibility index (Phi) is 4.07. The molecule has 1 unspecified atom stereocenters. The van der Waals surface area contributed by atoms with Crippen molar-refractivity contribution in [3.8, 4) is 0 Å². The first-order chi connectivity index (χ1) is 8.02. The average Bonchev–Trinajstić information content (AvgIpc) is 2.95. The summed E-state index contributed by atoms with van der Waals surface area (Å²) >= 11 is 0. The highest BCUT2D eigenvalue weighted by Gasteiger charge is 2.55. The maximum Gasteiger partial charge on any atom is 0.311 e. The Bertz CT molecular complexity index is 419. The minimum absolute atomic E-state index is 0.190. The molecule has 1 aliphatic carbocycles. The van der Waals surface area contributed by atoms with Gasteiger partial charge in [-0.2, -0.15) is 8.42 Å². The van der Waals surface area contributed by atoms with E-state index in [2.05, 4.69) is 0 Å². The molecule has 1 N–H and O–H groups in total. The van der Waals surface area contributed by atoms with Crippen molar-refractivity contribution in [1.29, 1.82) is 0 Å². The second-order valence-corrected chi connectivity index (χ2v) is 7.61. The Balaban J connectivity index is 2.68. The van der Waals surface area contributed by atoms with Gasteiger partial charge in [-0.05, 0) is 33.6 Å². The third kappa shape index (κ3) is 3.41. The summed E-state index contributed by atoms with van der Waals surface area (Å²) in [7, 11) is -4.23. The number of esters is 1. The minimum Gasteiger partial charge on any atom is -0.459 e. The van der Waals surface area contributed by atoms with Crippen LogP contribution in [-0.4, -0.2) is 36.5 Å². The molecule has 5 nitrogen and oxygen atoms in total. The van der Waals surface area contributed by atoms with Crippen molar-refractivity contribution in [2.45, 2.75) is 50.9 Å². The maximum absolute atomic E-state index is 12.8. The predicted octanol–water partition coefficient (Wildman–Crippen LogP) is 1.72. The molecule has 106 valence electrons. The first kappa shape index (κ1) is 15.4. The van der Waals surface area contributed by atoms with E-state index in [1.165, 1.54) is 0 Å². The number of ether oxygens (including phenoxy) is 1. The Hall–Kier alpha value is -0.690. The molecule has 0 saturated heterocycles. The molecule has 0 radical (unpaired) electrons. The molecule has 1 saturated carbocycles. The van der Waals surface area contributed by atoms with Gasteiger partial charge >= 0.3 is 5.97 Å². The molecule has 0 aromatic rings. The number of hydrogen-bond acceptors (Lipinski definition) is 4. The first-order valence-corrected chi connectivity index (χ1v) is 7.20. The molecular formula is C11H19FO5S. The van der Waals surface area contributed by atoms with Gasteiger partial charge in [0, 0.05) is 6.42 Å². The summed E-state index contributed by atoms with van der Waals surface area (Å²) in [6.07, 6.45) is -0.768. The van der Waals surface area contributed by atoms with Gasteiger partial charge in [-0.1, -0.05) is 0 Å². The van der Waals surface area contributed by atoms with E-state index in [0.717, 1.165) is 0 Å². The van der Waals surface area contributed by atoms with E-state index in [0.29, 0.717) is 0 Å². The molecule has 0 amide bonds. The van der Waals surface area contributed by atoms with Crippen LogP contribution in [-0.2, 0) is 19.6 Å². The van der Waals surface area contributed by atoms with Gasteiger partial charge in [0.25, 0.3) is 10.1 Å². The summed E-state index contributed by atoms with van der Waals surface area (Å²) in [5.41, 5.74) is -0.776. The standard InChI is InChI=1S/C11H19FO5S/c1-10(2,3)9(13)17-8(7-12)6-11(4-5-11)18(14,15)16/h8H,4-7H2,1-3H3,(H,14,15,16). The molecule has 0 spiro atoms. The van der Waals surface area contributed by atoms with Crippen LogP contribution in [0.3, 0.4) is 0 Å². The van der Waals surface area contributed by atoms with E-state index < -0.39 is 39.0 Å². The topological polar surface area (TPSA) is 80.7 Å². The van der Waals surface area contributed by atoms with Crippen LogP contribution in [0, 0.1) is 5.41 Å². The third-order valence-electron chi connectivity index (χ3n) is 3.01. The molecule has 0 aromatic carbocycles. The lowest BCUT2D eigenvalue weighted by atomic mass is 9.97. The van der Waals surface area contributed by atoms with Crippen LogP contribution in [0.2, 0.25) is 0 Å². The zero-order valence-electron chi connectivity index (χ0n) is 10.8. The number of hydrogen-bond donors (Lipinski definition) is 1. The van der Waals surface area contributed by atoms with Gasteiger partial charge in [-0.25, -0.2) is 4.39 Å². The van der Waals surface area contributed by atoms with Crippen LogP contribution < -0.4 is 0 Å². The van der Waals surface area contributed by atoms with Crippen molar-refractivity contribution in [2.75, 3.05) is 6.67 Å². The second kappa shape index (κ2) is 4.77. The van der Waals surface area contributed by atoms with E-state index in [9.17, 15) is 17.6 Å². The number of carbonyl (C=O) groups is 1. The second-order valence-electron chi connectivity index (χ2n) is 5.79. The lowest BCUT2D eigenvalue weighted by Gasteiger charge is -2.23. The van der Waals surface area contributed by atoms with E-state index >= 15 is 0 Å². The highest BCUT2D eigenvalue weighted by molar-refractivity contribution is 7.87. The quantitative estimate of drug-likeness (QED) is 0.613. The summed E-state index contributed by atoms with van der Waals surface area (Å²) in [5, 5.41) is 0. The van der Waals surface area contributed by atoms with Gasteiger partial charge in [0.1, 0.15) is 17.5 Å². The molecule has 0 aliphatic heterocycles. The van der Waals surface area contributed by atoms with E-state index in [-0.39, 0.29) is 19.3 Å². The maximum atomic E-state index is 12.8. The van der Waals surface area contributed by atoms with E-state index in [4.69, 9.17) is 9.29 Å². The fraction of sp³-hybridized carbons (Fsp3) is 0.909. The Morgan fingerprint density at radius 2 is 1.94 bits per heavy atom. The molecule has 0 bridgehead atoms. The Morgan fingerprint density at radius 1 is 1.44 bits per heavy atom. The van der Waals surface area contributed by atoms with Crippen molar-refractivity contribution in [2.24, 2.45) is 5.41 Å². The van der Waals surface area contributed by atoms with Crippen LogP contribution in [0.1, 0.15) is 40.0 Å². The first-order valence-electron chi connectivity index (χ1n) is 5.76. The van der Waals surface area contributed by atoms with E-state index in [1.54, 1.807) is 20.8 Å². The zero-order valence-corrected chi connectivity index (χ0v) is 11.6. The van der Waals surface area contributed by atoms with Crippen LogP contribution in [0.15, 0.2) is 0 Å². The Labute approximate surface area is 106 Å². The van der Waals surface area contributed by atoms with Gasteiger partial charge < -0.3 is 4.74 Å². The Morgan fingerprint density at radius 3 is 2.22 bits per heavy atom. The van der Waals surface area contributed by atoms with Crippen molar-refractivity contribution in [1.82, 2.24) is 0 Å². The van der Waals surface area contributed by atoms with Gasteiger partial charge in [0.2, 0.25) is 0 Å². The molecule has 0 heterocycles. The largest absolute Gasteiger partial charge is 0.459 e. The van der Waals surface area contributed by atoms with Gasteiger partial charge in [-0.3, -0.25) is 9.35 Å². The molecule has 1 rings (SSSR count). The summed E-state index contributed by atoms with van der Waals surface area (Å²) in [6, 6.07) is 0. The van der Waals surface area contributed by atoms with Crippen molar-refractivity contribution in [3.05, 3.63) is 0 Å². The molecule has 1 aliphatic rings. The molecule has 0 aromatic heterocycles. The molecule has 1 fully saturated rings. The van der Waals surface area contributed by atoms with Gasteiger partial charge in [0.05, 0.1) is 5.41 Å². The fourth-order valence-corrected chi connectivity index (χ4v) is 2.59. The number of carbonyl (C=O) groups excluding carboxylic acids is 1. The monoisotopic (exact) mass is 282 g/mol. The third-order valence-corrected chi connectivity index (χ3v) is 4.68. The summed E-state index contributed by atoms with van der Waals surface area (Å²) in [5.74, 6) is -0.587. The van der Waals surface area contributed by atoms with Crippen LogP contribution in [0.25, 0.3) is 0 Å². The predicted molar refractivity (Wildman–Crippen MR) is 63.4 cm³/mol. The van der Waals surface area contributed by atoms with Gasteiger partial charge in [0.15, 0.2) is 0 Å². The minimum atomic E-state index is -4.23.